The Bertz CT molecular complexity index is 596. The third-order valence-corrected chi connectivity index (χ3v) is 3.12. The molecule has 1 aromatic heterocycles. The first-order valence-electron chi connectivity index (χ1n) is 6.87. The topological polar surface area (TPSA) is 68.3 Å². The Labute approximate surface area is 119 Å². The zero-order valence-electron chi connectivity index (χ0n) is 12.3. The van der Waals surface area contributed by atoms with Crippen molar-refractivity contribution >= 4 is 16.9 Å². The molecular weight excluding hydrogens is 252 g/mol. The van der Waals surface area contributed by atoms with Crippen molar-refractivity contribution in [2.45, 2.75) is 33.2 Å². The summed E-state index contributed by atoms with van der Waals surface area (Å²) in [7, 11) is 0. The van der Waals surface area contributed by atoms with E-state index in [4.69, 9.17) is 10.2 Å². The first-order valence-corrected chi connectivity index (χ1v) is 6.87. The second-order valence-corrected chi connectivity index (χ2v) is 6.38. The van der Waals surface area contributed by atoms with Gasteiger partial charge in [0.1, 0.15) is 11.8 Å². The highest BCUT2D eigenvalue weighted by molar-refractivity contribution is 6.05. The van der Waals surface area contributed by atoms with E-state index < -0.39 is 0 Å². The van der Waals surface area contributed by atoms with Gasteiger partial charge in [0.15, 0.2) is 0 Å². The molecule has 108 valence electrons. The van der Waals surface area contributed by atoms with Crippen molar-refractivity contribution in [1.82, 2.24) is 5.32 Å². The summed E-state index contributed by atoms with van der Waals surface area (Å²) in [6.07, 6.45) is 2.36. The van der Waals surface area contributed by atoms with Gasteiger partial charge in [-0.2, -0.15) is 0 Å². The van der Waals surface area contributed by atoms with Gasteiger partial charge in [-0.15, -0.1) is 0 Å². The third kappa shape index (κ3) is 3.61. The van der Waals surface area contributed by atoms with Gasteiger partial charge in [0, 0.05) is 18.0 Å². The summed E-state index contributed by atoms with van der Waals surface area (Å²) in [4.78, 5) is 12.2. The van der Waals surface area contributed by atoms with Gasteiger partial charge >= 0.3 is 0 Å². The number of benzene rings is 1. The maximum Gasteiger partial charge on any atom is 0.255 e. The molecule has 0 fully saturated rings. The Kier molecular flexibility index (Phi) is 4.14. The van der Waals surface area contributed by atoms with E-state index in [1.165, 1.54) is 6.26 Å². The average molecular weight is 274 g/mol. The number of carbonyl (C=O) groups is 1. The van der Waals surface area contributed by atoms with E-state index in [2.05, 4.69) is 26.1 Å². The molecule has 1 unspecified atom stereocenters. The summed E-state index contributed by atoms with van der Waals surface area (Å²) in [6.45, 7) is 6.88. The number of fused-ring (bicyclic) bond motifs is 1. The van der Waals surface area contributed by atoms with E-state index in [0.717, 1.165) is 17.4 Å². The van der Waals surface area contributed by atoms with Gasteiger partial charge < -0.3 is 15.5 Å². The molecule has 1 atom stereocenters. The zero-order valence-corrected chi connectivity index (χ0v) is 12.3. The lowest BCUT2D eigenvalue weighted by Crippen LogP contribution is -2.39. The van der Waals surface area contributed by atoms with Gasteiger partial charge in [0.25, 0.3) is 5.91 Å². The van der Waals surface area contributed by atoms with Crippen LogP contribution < -0.4 is 11.1 Å². The normalized spacial score (nSPS) is 13.4. The predicted octanol–water partition coefficient (Wildman–Crippen LogP) is 2.93. The number of hydrogen-bond donors (Lipinski definition) is 2. The standard InChI is InChI=1S/C16H22N2O2/c1-16(2,3)8-11(17)9-18-15(19)13-10-20-14-7-5-4-6-12(13)14/h4-7,10-11H,8-9,17H2,1-3H3,(H,18,19). The van der Waals surface area contributed by atoms with Gasteiger partial charge in [0.2, 0.25) is 0 Å². The van der Waals surface area contributed by atoms with E-state index in [1.54, 1.807) is 0 Å². The maximum atomic E-state index is 12.2. The molecule has 1 heterocycles. The molecule has 0 saturated carbocycles. The first-order chi connectivity index (χ1) is 9.37. The van der Waals surface area contributed by atoms with Crippen molar-refractivity contribution in [1.29, 1.82) is 0 Å². The molecule has 1 amide bonds. The van der Waals surface area contributed by atoms with Crippen molar-refractivity contribution in [3.05, 3.63) is 36.1 Å². The van der Waals surface area contributed by atoms with E-state index in [9.17, 15) is 4.79 Å². The quantitative estimate of drug-likeness (QED) is 0.900. The van der Waals surface area contributed by atoms with Crippen molar-refractivity contribution in [3.8, 4) is 0 Å². The largest absolute Gasteiger partial charge is 0.463 e. The van der Waals surface area contributed by atoms with Crippen LogP contribution in [0.15, 0.2) is 34.9 Å². The van der Waals surface area contributed by atoms with Crippen LogP contribution in [0.3, 0.4) is 0 Å². The molecule has 3 N–H and O–H groups in total. The summed E-state index contributed by atoms with van der Waals surface area (Å²) in [6, 6.07) is 7.45. The number of hydrogen-bond acceptors (Lipinski definition) is 3. The number of nitrogens with two attached hydrogens (primary N) is 1. The Hall–Kier alpha value is -1.81. The molecule has 1 aromatic carbocycles. The van der Waals surface area contributed by atoms with E-state index in [1.807, 2.05) is 24.3 Å². The molecule has 0 bridgehead atoms. The van der Waals surface area contributed by atoms with Crippen molar-refractivity contribution < 1.29 is 9.21 Å². The van der Waals surface area contributed by atoms with E-state index in [-0.39, 0.29) is 17.4 Å². The second kappa shape index (κ2) is 5.67. The van der Waals surface area contributed by atoms with Crippen molar-refractivity contribution in [2.24, 2.45) is 11.1 Å². The molecule has 0 aliphatic heterocycles. The lowest BCUT2D eigenvalue weighted by molar-refractivity contribution is 0.0949. The number of nitrogens with one attached hydrogen (secondary N) is 1. The minimum Gasteiger partial charge on any atom is -0.463 e. The lowest BCUT2D eigenvalue weighted by atomic mass is 9.88. The molecule has 0 spiro atoms. The van der Waals surface area contributed by atoms with Crippen LogP contribution in [0.25, 0.3) is 11.0 Å². The predicted molar refractivity (Wildman–Crippen MR) is 80.6 cm³/mol. The van der Waals surface area contributed by atoms with Gasteiger partial charge in [-0.1, -0.05) is 39.0 Å². The Morgan fingerprint density at radius 2 is 2.05 bits per heavy atom. The molecule has 0 saturated heterocycles. The van der Waals surface area contributed by atoms with Crippen molar-refractivity contribution in [3.63, 3.8) is 0 Å². The van der Waals surface area contributed by atoms with Gasteiger partial charge in [-0.25, -0.2) is 0 Å². The smallest absolute Gasteiger partial charge is 0.255 e. The number of rotatable bonds is 4. The van der Waals surface area contributed by atoms with Crippen LogP contribution >= 0.6 is 0 Å². The number of amides is 1. The fourth-order valence-corrected chi connectivity index (χ4v) is 2.33. The summed E-state index contributed by atoms with van der Waals surface area (Å²) in [5.74, 6) is -0.140. The minimum absolute atomic E-state index is 0.0443. The van der Waals surface area contributed by atoms with Crippen LogP contribution in [0.2, 0.25) is 0 Å². The maximum absolute atomic E-state index is 12.2. The molecule has 0 radical (unpaired) electrons. The highest BCUT2D eigenvalue weighted by Gasteiger charge is 2.18. The fourth-order valence-electron chi connectivity index (χ4n) is 2.33. The first kappa shape index (κ1) is 14.6. The number of para-hydroxylation sites is 1. The monoisotopic (exact) mass is 274 g/mol. The molecule has 4 heteroatoms. The minimum atomic E-state index is -0.140. The lowest BCUT2D eigenvalue weighted by Gasteiger charge is -2.23. The van der Waals surface area contributed by atoms with Gasteiger partial charge in [-0.3, -0.25) is 4.79 Å². The van der Waals surface area contributed by atoms with E-state index >= 15 is 0 Å². The Morgan fingerprint density at radius 1 is 1.35 bits per heavy atom. The van der Waals surface area contributed by atoms with Gasteiger partial charge in [0.05, 0.1) is 5.56 Å². The van der Waals surface area contributed by atoms with Crippen LogP contribution in [-0.4, -0.2) is 18.5 Å². The van der Waals surface area contributed by atoms with Crippen LogP contribution in [-0.2, 0) is 0 Å². The molecule has 0 aliphatic carbocycles. The molecule has 2 rings (SSSR count). The van der Waals surface area contributed by atoms with Crippen LogP contribution in [0.1, 0.15) is 37.6 Å². The molecule has 20 heavy (non-hydrogen) atoms. The average Bonchev–Trinajstić information content (AvgIpc) is 2.78. The number of furan rings is 1. The van der Waals surface area contributed by atoms with Gasteiger partial charge in [-0.05, 0) is 17.9 Å². The molecular formula is C16H22N2O2. The molecule has 0 aliphatic rings. The highest BCUT2D eigenvalue weighted by atomic mass is 16.3. The number of carbonyl (C=O) groups excluding carboxylic acids is 1. The van der Waals surface area contributed by atoms with Crippen LogP contribution in [0, 0.1) is 5.41 Å². The summed E-state index contributed by atoms with van der Waals surface area (Å²) < 4.78 is 5.37. The van der Waals surface area contributed by atoms with Crippen LogP contribution in [0.4, 0.5) is 0 Å². The van der Waals surface area contributed by atoms with Crippen molar-refractivity contribution in [2.75, 3.05) is 6.54 Å². The summed E-state index contributed by atoms with van der Waals surface area (Å²) >= 11 is 0. The Morgan fingerprint density at radius 3 is 2.75 bits per heavy atom. The third-order valence-electron chi connectivity index (χ3n) is 3.12. The Balaban J connectivity index is 1.99. The zero-order chi connectivity index (χ0) is 14.8. The highest BCUT2D eigenvalue weighted by Crippen LogP contribution is 2.21. The fraction of sp³-hybridized carbons (Fsp3) is 0.438. The second-order valence-electron chi connectivity index (χ2n) is 6.38. The summed E-state index contributed by atoms with van der Waals surface area (Å²) in [5, 5.41) is 3.70. The SMILES string of the molecule is CC(C)(C)CC(N)CNC(=O)c1coc2ccccc12. The molecule has 2 aromatic rings. The molecule has 4 nitrogen and oxygen atoms in total. The van der Waals surface area contributed by atoms with Crippen LogP contribution in [0.5, 0.6) is 0 Å². The summed E-state index contributed by atoms with van der Waals surface area (Å²) in [5.41, 5.74) is 7.47. The van der Waals surface area contributed by atoms with E-state index in [0.29, 0.717) is 12.1 Å².